The van der Waals surface area contributed by atoms with Gasteiger partial charge in [0.15, 0.2) is 0 Å². The van der Waals surface area contributed by atoms with Crippen molar-refractivity contribution in [2.45, 2.75) is 13.8 Å². The van der Waals surface area contributed by atoms with Crippen LogP contribution in [0.4, 0.5) is 0 Å². The van der Waals surface area contributed by atoms with Crippen molar-refractivity contribution in [3.8, 4) is 22.6 Å². The number of rotatable bonds is 3. The van der Waals surface area contributed by atoms with Crippen LogP contribution < -0.4 is 4.74 Å². The number of benzene rings is 6. The van der Waals surface area contributed by atoms with Crippen molar-refractivity contribution in [1.82, 2.24) is 28.7 Å². The fraction of sp³-hybridized carbons (Fsp3) is 0.0455. The molecule has 0 atom stereocenters. The van der Waals surface area contributed by atoms with Gasteiger partial charge in [-0.15, -0.1) is 0 Å². The molecular formula is C44H28N6O. The average Bonchev–Trinajstić information content (AvgIpc) is 3.75. The number of hydrogen-bond donors (Lipinski definition) is 0. The number of aromatic nitrogens is 6. The third-order valence-electron chi connectivity index (χ3n) is 10.3. The van der Waals surface area contributed by atoms with E-state index in [1.807, 2.05) is 36.5 Å². The number of nitrogens with zero attached hydrogens (tertiary/aromatic N) is 6. The van der Waals surface area contributed by atoms with Crippen molar-refractivity contribution in [3.05, 3.63) is 145 Å². The van der Waals surface area contributed by atoms with Gasteiger partial charge in [-0.1, -0.05) is 48.5 Å². The lowest BCUT2D eigenvalue weighted by molar-refractivity contribution is 0.484. The molecule has 0 N–H and O–H groups in total. The van der Waals surface area contributed by atoms with Crippen molar-refractivity contribution < 1.29 is 4.74 Å². The smallest absolute Gasteiger partial charge is 0.150 e. The Morgan fingerprint density at radius 2 is 1.12 bits per heavy atom. The summed E-state index contributed by atoms with van der Waals surface area (Å²) in [6, 6.07) is 42.3. The molecule has 0 bridgehead atoms. The second-order valence-electron chi connectivity index (χ2n) is 13.3. The van der Waals surface area contributed by atoms with Gasteiger partial charge in [0.05, 0.1) is 27.6 Å². The van der Waals surface area contributed by atoms with Crippen LogP contribution in [0.5, 0.6) is 11.5 Å². The van der Waals surface area contributed by atoms with Gasteiger partial charge in [0, 0.05) is 27.7 Å². The molecule has 5 aromatic heterocycles. The van der Waals surface area contributed by atoms with E-state index in [4.69, 9.17) is 14.7 Å². The summed E-state index contributed by atoms with van der Waals surface area (Å²) in [6.45, 7) is 4.37. The zero-order chi connectivity index (χ0) is 33.8. The van der Waals surface area contributed by atoms with Crippen LogP contribution in [0.2, 0.25) is 0 Å². The first-order valence-electron chi connectivity index (χ1n) is 17.0. The lowest BCUT2D eigenvalue weighted by Crippen LogP contribution is -1.95. The second-order valence-corrected chi connectivity index (χ2v) is 13.3. The lowest BCUT2D eigenvalue weighted by Gasteiger charge is -2.15. The summed E-state index contributed by atoms with van der Waals surface area (Å²) in [5.41, 5.74) is 12.6. The number of aryl methyl sites for hydroxylation is 2. The fourth-order valence-electron chi connectivity index (χ4n) is 8.08. The number of ether oxygens (including phenoxy) is 1. The third-order valence-corrected chi connectivity index (χ3v) is 10.3. The Kier molecular flexibility index (Phi) is 5.67. The maximum absolute atomic E-state index is 6.68. The van der Waals surface area contributed by atoms with Crippen LogP contribution in [0.3, 0.4) is 0 Å². The van der Waals surface area contributed by atoms with E-state index in [9.17, 15) is 0 Å². The summed E-state index contributed by atoms with van der Waals surface area (Å²) in [5, 5.41) is 6.28. The van der Waals surface area contributed by atoms with Crippen LogP contribution in [0.1, 0.15) is 11.1 Å². The zero-order valence-electron chi connectivity index (χ0n) is 27.8. The van der Waals surface area contributed by atoms with Gasteiger partial charge in [0.1, 0.15) is 34.8 Å². The van der Waals surface area contributed by atoms with E-state index >= 15 is 0 Å². The molecule has 0 saturated heterocycles. The normalized spacial score (nSPS) is 12.1. The van der Waals surface area contributed by atoms with E-state index in [2.05, 4.69) is 124 Å². The minimum absolute atomic E-state index is 0.717. The van der Waals surface area contributed by atoms with Crippen molar-refractivity contribution in [2.75, 3.05) is 0 Å². The van der Waals surface area contributed by atoms with Crippen LogP contribution in [0, 0.1) is 13.8 Å². The predicted molar refractivity (Wildman–Crippen MR) is 206 cm³/mol. The fourth-order valence-corrected chi connectivity index (χ4v) is 8.08. The summed E-state index contributed by atoms with van der Waals surface area (Å²) in [4.78, 5) is 19.2. The van der Waals surface area contributed by atoms with Crippen LogP contribution in [-0.2, 0) is 0 Å². The first kappa shape index (κ1) is 28.0. The minimum atomic E-state index is 0.717. The molecule has 0 saturated carbocycles. The number of fused-ring (bicyclic) bond motifs is 16. The monoisotopic (exact) mass is 656 g/mol. The highest BCUT2D eigenvalue weighted by molar-refractivity contribution is 6.15. The largest absolute Gasteiger partial charge is 0.457 e. The molecule has 0 amide bonds. The van der Waals surface area contributed by atoms with Gasteiger partial charge in [-0.2, -0.15) is 0 Å². The van der Waals surface area contributed by atoms with Crippen molar-refractivity contribution >= 4 is 76.8 Å². The Balaban J connectivity index is 1.13. The summed E-state index contributed by atoms with van der Waals surface area (Å²) < 4.78 is 11.1. The Morgan fingerprint density at radius 1 is 0.490 bits per heavy atom. The first-order valence-corrected chi connectivity index (χ1v) is 17.0. The molecule has 0 aliphatic carbocycles. The van der Waals surface area contributed by atoms with Gasteiger partial charge in [-0.25, -0.2) is 19.9 Å². The second kappa shape index (κ2) is 10.3. The summed E-state index contributed by atoms with van der Waals surface area (Å²) in [6.07, 6.45) is 3.46. The van der Waals surface area contributed by atoms with Gasteiger partial charge in [0.25, 0.3) is 0 Å². The van der Waals surface area contributed by atoms with Gasteiger partial charge in [-0.05, 0) is 120 Å². The molecule has 0 unspecified atom stereocenters. The van der Waals surface area contributed by atoms with Gasteiger partial charge >= 0.3 is 0 Å². The number of para-hydroxylation sites is 4. The topological polar surface area (TPSA) is 69.6 Å². The molecular weight excluding hydrogens is 629 g/mol. The quantitative estimate of drug-likeness (QED) is 0.177. The van der Waals surface area contributed by atoms with Crippen molar-refractivity contribution in [2.24, 2.45) is 0 Å². The molecule has 11 rings (SSSR count). The molecule has 7 nitrogen and oxygen atoms in total. The van der Waals surface area contributed by atoms with Crippen LogP contribution in [0.15, 0.2) is 134 Å². The van der Waals surface area contributed by atoms with E-state index in [0.717, 1.165) is 83.0 Å². The first-order chi connectivity index (χ1) is 25.1. The maximum atomic E-state index is 6.68. The summed E-state index contributed by atoms with van der Waals surface area (Å²) >= 11 is 0. The van der Waals surface area contributed by atoms with E-state index in [0.29, 0.717) is 0 Å². The lowest BCUT2D eigenvalue weighted by atomic mass is 9.93. The highest BCUT2D eigenvalue weighted by Gasteiger charge is 2.18. The standard InChI is InChI=1S/C44H28N6O/c1-25-8-7-9-26(2)41(25)27-14-19-38-32(20-27)30-17-15-28(21-33(30)43-47-36-10-3-5-12-39(36)49(38)43)51-29-16-18-31-34(22-29)44-48-37-11-4-6-13-40(37)50(44)42-35(31)23-45-24-46-42/h3-24H,1-2H3. The number of pyridine rings is 2. The van der Waals surface area contributed by atoms with E-state index in [1.165, 1.54) is 27.6 Å². The molecule has 51 heavy (non-hydrogen) atoms. The zero-order valence-corrected chi connectivity index (χ0v) is 27.8. The molecule has 0 fully saturated rings. The van der Waals surface area contributed by atoms with Crippen LogP contribution >= 0.6 is 0 Å². The number of imidazole rings is 2. The molecule has 0 radical (unpaired) electrons. The van der Waals surface area contributed by atoms with E-state index < -0.39 is 0 Å². The van der Waals surface area contributed by atoms with Gasteiger partial charge in [-0.3, -0.25) is 8.80 Å². The molecule has 0 aliphatic rings. The molecule has 11 aromatic rings. The van der Waals surface area contributed by atoms with Gasteiger partial charge < -0.3 is 4.74 Å². The molecule has 6 aromatic carbocycles. The summed E-state index contributed by atoms with van der Waals surface area (Å²) in [5.74, 6) is 1.45. The highest BCUT2D eigenvalue weighted by Crippen LogP contribution is 2.39. The predicted octanol–water partition coefficient (Wildman–Crippen LogP) is 10.8. The average molecular weight is 657 g/mol. The molecule has 7 heteroatoms. The molecule has 0 spiro atoms. The van der Waals surface area contributed by atoms with E-state index in [1.54, 1.807) is 6.33 Å². The number of hydrogen-bond acceptors (Lipinski definition) is 5. The Bertz CT molecular complexity index is 3250. The van der Waals surface area contributed by atoms with Crippen LogP contribution in [0.25, 0.3) is 88.0 Å². The SMILES string of the molecule is Cc1cccc(C)c1-c1ccc2c(c1)c1ccc(Oc3ccc4c5cncnc5n5c6ccccc6nc5c4c3)cc1c1nc3ccccc3n21. The Morgan fingerprint density at radius 3 is 1.82 bits per heavy atom. The molecule has 5 heterocycles. The Labute approximate surface area is 291 Å². The third kappa shape index (κ3) is 4.00. The van der Waals surface area contributed by atoms with Crippen molar-refractivity contribution in [3.63, 3.8) is 0 Å². The maximum Gasteiger partial charge on any atom is 0.150 e. The molecule has 240 valence electrons. The Hall–Kier alpha value is -6.86. The minimum Gasteiger partial charge on any atom is -0.457 e. The molecule has 0 aliphatic heterocycles. The van der Waals surface area contributed by atoms with Gasteiger partial charge in [0.2, 0.25) is 0 Å². The highest BCUT2D eigenvalue weighted by atomic mass is 16.5. The van der Waals surface area contributed by atoms with Crippen molar-refractivity contribution in [1.29, 1.82) is 0 Å². The summed E-state index contributed by atoms with van der Waals surface area (Å²) in [7, 11) is 0. The van der Waals surface area contributed by atoms with E-state index in [-0.39, 0.29) is 0 Å². The van der Waals surface area contributed by atoms with Crippen LogP contribution in [-0.4, -0.2) is 28.7 Å².